The molecule has 1 aromatic heterocycles. The molecule has 0 unspecified atom stereocenters. The lowest BCUT2D eigenvalue weighted by molar-refractivity contribution is -0.111. The van der Waals surface area contributed by atoms with Crippen molar-refractivity contribution >= 4 is 56.8 Å². The number of allylic oxidation sites excluding steroid dienone is 1. The number of rotatable bonds is 7. The van der Waals surface area contributed by atoms with Crippen molar-refractivity contribution in [1.29, 1.82) is 5.41 Å². The van der Waals surface area contributed by atoms with Gasteiger partial charge in [0.15, 0.2) is 0 Å². The third-order valence-corrected chi connectivity index (χ3v) is 6.16. The summed E-state index contributed by atoms with van der Waals surface area (Å²) in [6, 6.07) is 8.27. The number of amidine groups is 1. The van der Waals surface area contributed by atoms with Crippen molar-refractivity contribution in [3.63, 3.8) is 0 Å². The number of thioether (sulfide) groups is 1. The highest BCUT2D eigenvalue weighted by Crippen LogP contribution is 2.23. The van der Waals surface area contributed by atoms with E-state index in [-0.39, 0.29) is 11.5 Å². The molecule has 2 heterocycles. The molecule has 0 bridgehead atoms. The maximum atomic E-state index is 12.5. The van der Waals surface area contributed by atoms with E-state index in [0.29, 0.717) is 23.7 Å². The van der Waals surface area contributed by atoms with E-state index in [9.17, 15) is 9.59 Å². The van der Waals surface area contributed by atoms with Crippen LogP contribution < -0.4 is 15.4 Å². The molecule has 1 saturated heterocycles. The van der Waals surface area contributed by atoms with Gasteiger partial charge in [0, 0.05) is 41.7 Å². The van der Waals surface area contributed by atoms with E-state index in [1.54, 1.807) is 55.6 Å². The second-order valence-corrected chi connectivity index (χ2v) is 9.40. The largest absolute Gasteiger partial charge is 0.497 e. The van der Waals surface area contributed by atoms with Gasteiger partial charge in [-0.3, -0.25) is 15.0 Å². The van der Waals surface area contributed by atoms with E-state index in [1.807, 2.05) is 25.6 Å². The molecule has 1 aliphatic rings. The number of pyridine rings is 1. The summed E-state index contributed by atoms with van der Waals surface area (Å²) in [6.45, 7) is 11.4. The molecule has 10 heteroatoms. The van der Waals surface area contributed by atoms with E-state index in [0.717, 1.165) is 23.4 Å². The monoisotopic (exact) mass is 589 g/mol. The number of methoxy groups -OCH3 is 1. The number of carbonyl (C=O) groups is 2. The lowest BCUT2D eigenvalue weighted by atomic mass is 10.1. The maximum absolute atomic E-state index is 12.5. The van der Waals surface area contributed by atoms with Gasteiger partial charge in [-0.05, 0) is 59.3 Å². The van der Waals surface area contributed by atoms with E-state index in [4.69, 9.17) is 10.1 Å². The van der Waals surface area contributed by atoms with Gasteiger partial charge in [-0.1, -0.05) is 26.0 Å². The zero-order valence-electron chi connectivity index (χ0n) is 21.8. The first-order valence-corrected chi connectivity index (χ1v) is 13.9. The number of carbonyl (C=O) groups excluding carboxylic acids is 2. The first-order valence-electron chi connectivity index (χ1n) is 11.9. The lowest BCUT2D eigenvalue weighted by Crippen LogP contribution is -2.37. The Kier molecular flexibility index (Phi) is 15.7. The number of hydrogen-bond acceptors (Lipinski definition) is 6. The molecule has 1 fully saturated rings. The van der Waals surface area contributed by atoms with Crippen LogP contribution in [-0.2, 0) is 4.79 Å². The Bertz CT molecular complexity index is 1050. The molecule has 0 aliphatic carbocycles. The van der Waals surface area contributed by atoms with Crippen molar-refractivity contribution in [2.45, 2.75) is 27.2 Å². The van der Waals surface area contributed by atoms with Crippen LogP contribution in [0.5, 0.6) is 5.75 Å². The van der Waals surface area contributed by atoms with Gasteiger partial charge >= 0.3 is 0 Å². The topological polar surface area (TPSA) is 107 Å². The minimum atomic E-state index is -0.403. The van der Waals surface area contributed by atoms with Gasteiger partial charge in [-0.25, -0.2) is 4.98 Å². The summed E-state index contributed by atoms with van der Waals surface area (Å²) < 4.78 is 5.96. The molecular weight excluding hydrogens is 554 g/mol. The third kappa shape index (κ3) is 11.7. The fourth-order valence-electron chi connectivity index (χ4n) is 3.01. The average molecular weight is 591 g/mol. The van der Waals surface area contributed by atoms with Crippen LogP contribution in [0.3, 0.4) is 0 Å². The number of hydrogen-bond donors (Lipinski definition) is 3. The molecule has 1 aliphatic heterocycles. The summed E-state index contributed by atoms with van der Waals surface area (Å²) in [5, 5.41) is 13.0. The second kappa shape index (κ2) is 18.2. The quantitative estimate of drug-likeness (QED) is 0.153. The summed E-state index contributed by atoms with van der Waals surface area (Å²) in [5.74, 6) is 3.24. The molecule has 0 spiro atoms. The predicted octanol–water partition coefficient (Wildman–Crippen LogP) is 6.23. The van der Waals surface area contributed by atoms with E-state index in [1.165, 1.54) is 24.7 Å². The van der Waals surface area contributed by atoms with E-state index in [2.05, 4.69) is 43.0 Å². The van der Waals surface area contributed by atoms with Gasteiger partial charge in [-0.2, -0.15) is 11.8 Å². The molecule has 0 radical (unpaired) electrons. The highest BCUT2D eigenvalue weighted by Gasteiger charge is 2.15. The Morgan fingerprint density at radius 3 is 2.49 bits per heavy atom. The highest BCUT2D eigenvalue weighted by atomic mass is 79.9. The van der Waals surface area contributed by atoms with Crippen LogP contribution in [0.2, 0.25) is 0 Å². The van der Waals surface area contributed by atoms with Gasteiger partial charge in [0.25, 0.3) is 5.91 Å². The lowest BCUT2D eigenvalue weighted by Gasteiger charge is -2.28. The average Bonchev–Trinajstić information content (AvgIpc) is 2.92. The standard InChI is InChI=1S/C17H16BrN3O3.C8H14N2S.C2H6/c1-3-4-16(22)20-14-7-6-12(24-2)9-13(14)17(23)21-15-8-5-11(18)10-19-15;1-2-3-8(9)10-4-6-11-7-5-10;1-2/h3-10H,1-2H3,(H,20,22)(H,19,21,23);2,9H,1,3-7H2;1-2H3/b4-3+;;. The van der Waals surface area contributed by atoms with Gasteiger partial charge in [0.2, 0.25) is 5.91 Å². The number of halogens is 1. The van der Waals surface area contributed by atoms with Gasteiger partial charge in [0.1, 0.15) is 11.6 Å². The molecule has 2 aromatic rings. The van der Waals surface area contributed by atoms with Crippen molar-refractivity contribution in [2.24, 2.45) is 0 Å². The molecule has 0 saturated carbocycles. The number of nitrogens with one attached hydrogen (secondary N) is 3. The Balaban J connectivity index is 0.000000439. The molecule has 2 amide bonds. The molecule has 1 aromatic carbocycles. The van der Waals surface area contributed by atoms with Crippen molar-refractivity contribution < 1.29 is 14.3 Å². The second-order valence-electron chi connectivity index (χ2n) is 7.26. The molecule has 3 N–H and O–H groups in total. The molecule has 3 rings (SSSR count). The number of benzene rings is 1. The third-order valence-electron chi connectivity index (χ3n) is 4.75. The Morgan fingerprint density at radius 2 is 1.92 bits per heavy atom. The summed E-state index contributed by atoms with van der Waals surface area (Å²) in [5.41, 5.74) is 0.658. The van der Waals surface area contributed by atoms with Gasteiger partial charge < -0.3 is 20.3 Å². The van der Waals surface area contributed by atoms with Crippen LogP contribution >= 0.6 is 27.7 Å². The van der Waals surface area contributed by atoms with Crippen LogP contribution in [0.1, 0.15) is 37.6 Å². The molecule has 0 atom stereocenters. The first-order chi connectivity index (χ1) is 17.9. The predicted molar refractivity (Wildman–Crippen MR) is 159 cm³/mol. The van der Waals surface area contributed by atoms with Crippen LogP contribution in [0.4, 0.5) is 11.5 Å². The molecular formula is C27H36BrN5O3S. The SMILES string of the molecule is C/C=C/C(=O)Nc1ccc(OC)cc1C(=O)Nc1ccc(Br)cn1.C=CCC(=N)N1CCSCC1.CC. The number of ether oxygens (including phenoxy) is 1. The number of anilines is 2. The van der Waals surface area contributed by atoms with Crippen LogP contribution in [0, 0.1) is 5.41 Å². The maximum Gasteiger partial charge on any atom is 0.259 e. The smallest absolute Gasteiger partial charge is 0.259 e. The number of aromatic nitrogens is 1. The Hall–Kier alpha value is -3.11. The number of nitrogens with zero attached hydrogens (tertiary/aromatic N) is 2. The first kappa shape index (κ1) is 31.9. The van der Waals surface area contributed by atoms with E-state index < -0.39 is 5.91 Å². The van der Waals surface area contributed by atoms with Gasteiger partial charge in [0.05, 0.1) is 24.2 Å². The molecule has 200 valence electrons. The fourth-order valence-corrected chi connectivity index (χ4v) is 4.14. The van der Waals surface area contributed by atoms with E-state index >= 15 is 0 Å². The van der Waals surface area contributed by atoms with Crippen LogP contribution in [0.25, 0.3) is 0 Å². The van der Waals surface area contributed by atoms with Crippen molar-refractivity contribution in [3.8, 4) is 5.75 Å². The van der Waals surface area contributed by atoms with Gasteiger partial charge in [-0.15, -0.1) is 6.58 Å². The minimum absolute atomic E-state index is 0.275. The fraction of sp³-hybridized carbons (Fsp3) is 0.333. The summed E-state index contributed by atoms with van der Waals surface area (Å²) in [4.78, 5) is 30.5. The highest BCUT2D eigenvalue weighted by molar-refractivity contribution is 9.10. The number of amides is 2. The van der Waals surface area contributed by atoms with Crippen molar-refractivity contribution in [1.82, 2.24) is 9.88 Å². The van der Waals surface area contributed by atoms with Crippen LogP contribution in [-0.4, -0.2) is 59.2 Å². The normalized spacial score (nSPS) is 12.3. The zero-order chi connectivity index (χ0) is 27.6. The summed E-state index contributed by atoms with van der Waals surface area (Å²) in [7, 11) is 1.51. The van der Waals surface area contributed by atoms with Crippen molar-refractivity contribution in [2.75, 3.05) is 42.3 Å². The summed E-state index contributed by atoms with van der Waals surface area (Å²) in [6.07, 6.45) is 7.08. The minimum Gasteiger partial charge on any atom is -0.497 e. The Morgan fingerprint density at radius 1 is 1.22 bits per heavy atom. The molecule has 8 nitrogen and oxygen atoms in total. The van der Waals surface area contributed by atoms with Crippen LogP contribution in [0.15, 0.2) is 65.8 Å². The zero-order valence-corrected chi connectivity index (χ0v) is 24.2. The van der Waals surface area contributed by atoms with Crippen molar-refractivity contribution in [3.05, 3.63) is 71.4 Å². The molecule has 37 heavy (non-hydrogen) atoms. The Labute approximate surface area is 232 Å². The summed E-state index contributed by atoms with van der Waals surface area (Å²) >= 11 is 5.25.